The maximum absolute atomic E-state index is 14.2. The second-order valence-electron chi connectivity index (χ2n) is 6.19. The lowest BCUT2D eigenvalue weighted by Gasteiger charge is -2.14. The molecular formula is C20H17F2N5O. The number of hydrogen-bond donors (Lipinski definition) is 1. The fourth-order valence-corrected chi connectivity index (χ4v) is 3.17. The van der Waals surface area contributed by atoms with Gasteiger partial charge in [0.1, 0.15) is 18.0 Å². The fourth-order valence-electron chi connectivity index (χ4n) is 3.17. The first-order chi connectivity index (χ1) is 13.6. The van der Waals surface area contributed by atoms with Gasteiger partial charge < -0.3 is 10.1 Å². The number of anilines is 1. The Hall–Kier alpha value is -3.55. The quantitative estimate of drug-likeness (QED) is 0.566. The summed E-state index contributed by atoms with van der Waals surface area (Å²) in [5.41, 5.74) is 3.44. The Labute approximate surface area is 159 Å². The molecule has 0 radical (unpaired) electrons. The Bertz CT molecular complexity index is 1160. The Morgan fingerprint density at radius 3 is 2.68 bits per heavy atom. The summed E-state index contributed by atoms with van der Waals surface area (Å²) in [6, 6.07) is 9.68. The van der Waals surface area contributed by atoms with Gasteiger partial charge in [-0.2, -0.15) is 0 Å². The van der Waals surface area contributed by atoms with Gasteiger partial charge in [-0.15, -0.1) is 10.2 Å². The molecule has 0 unspecified atom stereocenters. The van der Waals surface area contributed by atoms with Crippen LogP contribution in [0.15, 0.2) is 48.9 Å². The van der Waals surface area contributed by atoms with Crippen molar-refractivity contribution >= 4 is 11.5 Å². The Kier molecular flexibility index (Phi) is 4.60. The number of pyridine rings is 2. The number of rotatable bonds is 5. The third-order valence-corrected chi connectivity index (χ3v) is 4.56. The topological polar surface area (TPSA) is 64.3 Å². The molecule has 4 rings (SSSR count). The summed E-state index contributed by atoms with van der Waals surface area (Å²) in [5.74, 6) is -0.642. The van der Waals surface area contributed by atoms with Crippen molar-refractivity contribution in [2.45, 2.75) is 13.5 Å². The zero-order valence-electron chi connectivity index (χ0n) is 15.3. The molecule has 0 aliphatic carbocycles. The van der Waals surface area contributed by atoms with E-state index in [-0.39, 0.29) is 17.9 Å². The van der Waals surface area contributed by atoms with Crippen LogP contribution in [0, 0.1) is 18.6 Å². The highest BCUT2D eigenvalue weighted by Gasteiger charge is 2.16. The van der Waals surface area contributed by atoms with Crippen molar-refractivity contribution in [3.05, 3.63) is 71.8 Å². The van der Waals surface area contributed by atoms with Crippen LogP contribution < -0.4 is 10.1 Å². The van der Waals surface area contributed by atoms with Gasteiger partial charge in [0.05, 0.1) is 12.7 Å². The molecule has 4 aromatic rings. The molecule has 1 N–H and O–H groups in total. The first kappa shape index (κ1) is 17.8. The molecule has 0 amide bonds. The predicted octanol–water partition coefficient (Wildman–Crippen LogP) is 4.00. The van der Waals surface area contributed by atoms with Gasteiger partial charge in [0, 0.05) is 29.6 Å². The number of hydrogen-bond acceptors (Lipinski definition) is 5. The number of halogens is 2. The largest absolute Gasteiger partial charge is 0.493 e. The highest BCUT2D eigenvalue weighted by atomic mass is 19.1. The van der Waals surface area contributed by atoms with Crippen LogP contribution in [0.5, 0.6) is 5.75 Å². The summed E-state index contributed by atoms with van der Waals surface area (Å²) >= 11 is 0. The van der Waals surface area contributed by atoms with Crippen LogP contribution in [0.4, 0.5) is 14.6 Å². The van der Waals surface area contributed by atoms with Crippen LogP contribution in [-0.2, 0) is 6.54 Å². The van der Waals surface area contributed by atoms with Crippen molar-refractivity contribution in [3.63, 3.8) is 0 Å². The molecule has 8 heteroatoms. The minimum absolute atomic E-state index is 0.0330. The first-order valence-corrected chi connectivity index (χ1v) is 8.59. The zero-order valence-corrected chi connectivity index (χ0v) is 15.3. The van der Waals surface area contributed by atoms with Gasteiger partial charge in [0.15, 0.2) is 17.2 Å². The van der Waals surface area contributed by atoms with Gasteiger partial charge >= 0.3 is 0 Å². The molecule has 28 heavy (non-hydrogen) atoms. The Morgan fingerprint density at radius 2 is 1.89 bits per heavy atom. The fraction of sp³-hybridized carbons (Fsp3) is 0.150. The Balaban J connectivity index is 1.71. The molecule has 0 atom stereocenters. The molecular weight excluding hydrogens is 364 g/mol. The minimum atomic E-state index is -0.613. The van der Waals surface area contributed by atoms with Crippen LogP contribution in [0.2, 0.25) is 0 Å². The molecule has 0 spiro atoms. The number of aromatic nitrogens is 4. The smallest absolute Gasteiger partial charge is 0.170 e. The SMILES string of the molecule is COc1c(F)ccc(F)c1CNc1ccc(-c2cccnc2C)c2nncn12. The molecule has 0 saturated carbocycles. The lowest BCUT2D eigenvalue weighted by Crippen LogP contribution is -2.08. The number of fused-ring (bicyclic) bond motifs is 1. The van der Waals surface area contributed by atoms with E-state index < -0.39 is 11.6 Å². The molecule has 3 heterocycles. The van der Waals surface area contributed by atoms with Gasteiger partial charge in [0.2, 0.25) is 0 Å². The predicted molar refractivity (Wildman–Crippen MR) is 101 cm³/mol. The van der Waals surface area contributed by atoms with Crippen molar-refractivity contribution in [1.29, 1.82) is 0 Å². The van der Waals surface area contributed by atoms with Crippen LogP contribution in [-0.4, -0.2) is 26.7 Å². The summed E-state index contributed by atoms with van der Waals surface area (Å²) in [6.45, 7) is 1.96. The normalized spacial score (nSPS) is 11.0. The minimum Gasteiger partial charge on any atom is -0.493 e. The van der Waals surface area contributed by atoms with Crippen molar-refractivity contribution in [1.82, 2.24) is 19.6 Å². The van der Waals surface area contributed by atoms with Gasteiger partial charge in [0.25, 0.3) is 0 Å². The van der Waals surface area contributed by atoms with E-state index in [4.69, 9.17) is 4.74 Å². The van der Waals surface area contributed by atoms with E-state index in [0.717, 1.165) is 29.0 Å². The van der Waals surface area contributed by atoms with E-state index >= 15 is 0 Å². The lowest BCUT2D eigenvalue weighted by molar-refractivity contribution is 0.377. The molecule has 6 nitrogen and oxygen atoms in total. The van der Waals surface area contributed by atoms with Crippen molar-refractivity contribution < 1.29 is 13.5 Å². The van der Waals surface area contributed by atoms with Crippen LogP contribution in [0.3, 0.4) is 0 Å². The highest BCUT2D eigenvalue weighted by Crippen LogP contribution is 2.29. The van der Waals surface area contributed by atoms with Crippen LogP contribution in [0.25, 0.3) is 16.8 Å². The number of methoxy groups -OCH3 is 1. The molecule has 3 aromatic heterocycles. The van der Waals surface area contributed by atoms with E-state index in [1.54, 1.807) is 16.9 Å². The summed E-state index contributed by atoms with van der Waals surface area (Å²) in [6.07, 6.45) is 3.29. The average Bonchev–Trinajstić information content (AvgIpc) is 3.19. The average molecular weight is 381 g/mol. The summed E-state index contributed by atoms with van der Waals surface area (Å²) in [5, 5.41) is 11.3. The standard InChI is InChI=1S/C20H17F2N5O/c1-12-13(4-3-9-23-12)14-5-8-18(27-11-25-26-20(14)27)24-10-15-16(21)6-7-17(22)19(15)28-2/h3-9,11,24H,10H2,1-2H3. The molecule has 0 aliphatic heterocycles. The van der Waals surface area contributed by atoms with E-state index in [1.165, 1.54) is 7.11 Å². The van der Waals surface area contributed by atoms with Gasteiger partial charge in [-0.1, -0.05) is 6.07 Å². The summed E-state index contributed by atoms with van der Waals surface area (Å²) in [7, 11) is 1.31. The number of benzene rings is 1. The van der Waals surface area contributed by atoms with E-state index in [9.17, 15) is 8.78 Å². The molecule has 1 aromatic carbocycles. The maximum atomic E-state index is 14.2. The van der Waals surface area contributed by atoms with Gasteiger partial charge in [-0.3, -0.25) is 9.38 Å². The van der Waals surface area contributed by atoms with Crippen LogP contribution >= 0.6 is 0 Å². The summed E-state index contributed by atoms with van der Waals surface area (Å²) in [4.78, 5) is 4.32. The number of ether oxygens (including phenoxy) is 1. The summed E-state index contributed by atoms with van der Waals surface area (Å²) < 4.78 is 34.8. The van der Waals surface area contributed by atoms with Crippen molar-refractivity contribution in [3.8, 4) is 16.9 Å². The number of nitrogens with one attached hydrogen (secondary N) is 1. The van der Waals surface area contributed by atoms with Gasteiger partial charge in [-0.25, -0.2) is 8.78 Å². The van der Waals surface area contributed by atoms with Crippen molar-refractivity contribution in [2.75, 3.05) is 12.4 Å². The van der Waals surface area contributed by atoms with Gasteiger partial charge in [-0.05, 0) is 37.3 Å². The molecule has 0 fully saturated rings. The molecule has 142 valence electrons. The Morgan fingerprint density at radius 1 is 1.07 bits per heavy atom. The van der Waals surface area contributed by atoms with E-state index in [0.29, 0.717) is 11.5 Å². The number of aryl methyl sites for hydroxylation is 1. The molecule has 0 aliphatic rings. The van der Waals surface area contributed by atoms with Crippen LogP contribution in [0.1, 0.15) is 11.3 Å². The first-order valence-electron chi connectivity index (χ1n) is 8.59. The highest BCUT2D eigenvalue weighted by molar-refractivity contribution is 5.80. The monoisotopic (exact) mass is 381 g/mol. The maximum Gasteiger partial charge on any atom is 0.170 e. The lowest BCUT2D eigenvalue weighted by atomic mass is 10.1. The van der Waals surface area contributed by atoms with Crippen molar-refractivity contribution in [2.24, 2.45) is 0 Å². The zero-order chi connectivity index (χ0) is 19.7. The second kappa shape index (κ2) is 7.22. The molecule has 0 saturated heterocycles. The molecule has 0 bridgehead atoms. The second-order valence-corrected chi connectivity index (χ2v) is 6.19. The van der Waals surface area contributed by atoms with E-state index in [1.807, 2.05) is 31.2 Å². The third kappa shape index (κ3) is 3.02. The van der Waals surface area contributed by atoms with E-state index in [2.05, 4.69) is 20.5 Å². The third-order valence-electron chi connectivity index (χ3n) is 4.56. The number of nitrogens with zero attached hydrogens (tertiary/aromatic N) is 4.